The second-order valence-corrected chi connectivity index (χ2v) is 22.2. The third-order valence-corrected chi connectivity index (χ3v) is 12.1. The Balaban J connectivity index is 1.38. The third kappa shape index (κ3) is 6.58. The van der Waals surface area contributed by atoms with Gasteiger partial charge in [0.1, 0.15) is 12.3 Å². The van der Waals surface area contributed by atoms with Crippen molar-refractivity contribution in [2.75, 3.05) is 11.5 Å². The van der Waals surface area contributed by atoms with Crippen LogP contribution < -0.4 is 15.8 Å². The molecular formula is C33H45ClN6O4SSi. The number of hydrogen-bond acceptors (Lipinski definition) is 8. The molecule has 0 radical (unpaired) electrons. The van der Waals surface area contributed by atoms with E-state index in [1.54, 1.807) is 23.0 Å². The van der Waals surface area contributed by atoms with E-state index in [2.05, 4.69) is 34.8 Å². The number of nitrogens with one attached hydrogen (secondary N) is 1. The van der Waals surface area contributed by atoms with Crippen molar-refractivity contribution in [1.82, 2.24) is 24.4 Å². The maximum Gasteiger partial charge on any atom is 0.407 e. The summed E-state index contributed by atoms with van der Waals surface area (Å²) in [5.74, 6) is 0.647. The normalized spacial score (nSPS) is 20.2. The molecule has 2 fully saturated rings. The first-order valence-corrected chi connectivity index (χ1v) is 21.0. The number of thiazole rings is 1. The van der Waals surface area contributed by atoms with Gasteiger partial charge < -0.3 is 24.3 Å². The van der Waals surface area contributed by atoms with Crippen molar-refractivity contribution in [3.63, 3.8) is 0 Å². The van der Waals surface area contributed by atoms with E-state index < -0.39 is 13.7 Å². The van der Waals surface area contributed by atoms with Crippen LogP contribution in [-0.2, 0) is 23.3 Å². The molecule has 0 aliphatic carbocycles. The summed E-state index contributed by atoms with van der Waals surface area (Å²) in [5.41, 5.74) is 2.28. The highest BCUT2D eigenvalue weighted by Gasteiger charge is 2.43. The van der Waals surface area contributed by atoms with Crippen molar-refractivity contribution in [2.45, 2.75) is 110 Å². The number of carbonyl (C=O) groups excluding carboxylic acids is 1. The first kappa shape index (κ1) is 33.0. The average Bonchev–Trinajstić information content (AvgIpc) is 3.58. The van der Waals surface area contributed by atoms with Gasteiger partial charge in [-0.05, 0) is 65.5 Å². The van der Waals surface area contributed by atoms with Gasteiger partial charge in [-0.3, -0.25) is 9.36 Å². The fourth-order valence-corrected chi connectivity index (χ4v) is 8.75. The summed E-state index contributed by atoms with van der Waals surface area (Å²) in [7, 11) is 0.524. The second kappa shape index (κ2) is 12.3. The zero-order valence-electron chi connectivity index (χ0n) is 28.1. The molecule has 1 aromatic carbocycles. The van der Waals surface area contributed by atoms with Gasteiger partial charge in [-0.2, -0.15) is 4.98 Å². The van der Waals surface area contributed by atoms with Gasteiger partial charge >= 0.3 is 6.09 Å². The summed E-state index contributed by atoms with van der Waals surface area (Å²) in [4.78, 5) is 39.0. The molecule has 5 heterocycles. The van der Waals surface area contributed by atoms with Crippen LogP contribution in [0.1, 0.15) is 51.5 Å². The van der Waals surface area contributed by atoms with Crippen molar-refractivity contribution in [2.24, 2.45) is 7.05 Å². The largest absolute Gasteiger partial charge is 0.444 e. The van der Waals surface area contributed by atoms with Crippen LogP contribution in [0.5, 0.6) is 0 Å². The number of anilines is 1. The average molecular weight is 685 g/mol. The van der Waals surface area contributed by atoms with Gasteiger partial charge in [-0.25, -0.2) is 9.78 Å². The Morgan fingerprint density at radius 2 is 1.83 bits per heavy atom. The lowest BCUT2D eigenvalue weighted by Gasteiger charge is -2.40. The number of piperidine rings is 1. The molecule has 10 nitrogen and oxygen atoms in total. The summed E-state index contributed by atoms with van der Waals surface area (Å²) in [6, 6.07) is 5.26. The number of aryl methyl sites for hydroxylation is 1. The lowest BCUT2D eigenvalue weighted by atomic mass is 9.98. The predicted molar refractivity (Wildman–Crippen MR) is 189 cm³/mol. The van der Waals surface area contributed by atoms with Gasteiger partial charge in [-0.1, -0.05) is 37.3 Å². The summed E-state index contributed by atoms with van der Waals surface area (Å²) in [6.45, 7) is 15.5. The smallest absolute Gasteiger partial charge is 0.407 e. The van der Waals surface area contributed by atoms with Crippen LogP contribution in [-0.4, -0.2) is 63.6 Å². The van der Waals surface area contributed by atoms with Crippen LogP contribution in [0, 0.1) is 6.92 Å². The Bertz CT molecular complexity index is 1840. The molecule has 46 heavy (non-hydrogen) atoms. The van der Waals surface area contributed by atoms with Gasteiger partial charge in [0, 0.05) is 57.2 Å². The molecule has 2 saturated heterocycles. The fraction of sp³-hybridized carbons (Fsp3) is 0.576. The Morgan fingerprint density at radius 1 is 1.13 bits per heavy atom. The van der Waals surface area contributed by atoms with Crippen LogP contribution in [0.15, 0.2) is 23.1 Å². The number of nitrogens with zero attached hydrogens (tertiary/aromatic N) is 5. The first-order valence-electron chi connectivity index (χ1n) is 16.1. The zero-order valence-corrected chi connectivity index (χ0v) is 30.6. The van der Waals surface area contributed by atoms with E-state index in [4.69, 9.17) is 26.1 Å². The minimum atomic E-state index is -1.28. The molecule has 0 saturated carbocycles. The second-order valence-electron chi connectivity index (χ2n) is 15.0. The summed E-state index contributed by atoms with van der Waals surface area (Å²) in [6.07, 6.45) is 5.05. The van der Waals surface area contributed by atoms with Crippen molar-refractivity contribution >= 4 is 64.3 Å². The standard InChI is InChI=1S/C33H45ClN6O4SSi/c1-19-35-25-12-11-23(27(34)28(25)45-19)24-17-39(18-43-13-14-46(6,7)8)29-26(24)30(41)38(5)31(37-29)40-21-9-10-22(40)16-20(15-21)36-32(42)44-33(2,3)4/h11-12,17,20-22H,9-10,13-16,18H2,1-8H3,(H,36,42)/t20-,21+,22-. The quantitative estimate of drug-likeness (QED) is 0.153. The van der Waals surface area contributed by atoms with Crippen LogP contribution in [0.3, 0.4) is 0 Å². The van der Waals surface area contributed by atoms with Crippen molar-refractivity contribution in [3.8, 4) is 11.1 Å². The first-order chi connectivity index (χ1) is 21.6. The number of fused-ring (bicyclic) bond motifs is 4. The number of aromatic nitrogens is 4. The van der Waals surface area contributed by atoms with E-state index >= 15 is 0 Å². The number of amides is 1. The Hall–Kier alpha value is -2.93. The van der Waals surface area contributed by atoms with Gasteiger partial charge in [0.05, 0.1) is 25.6 Å². The van der Waals surface area contributed by atoms with Crippen molar-refractivity contribution < 1.29 is 14.3 Å². The number of rotatable bonds is 8. The van der Waals surface area contributed by atoms with Gasteiger partial charge in [-0.15, -0.1) is 11.3 Å². The number of alkyl carbamates (subject to hydrolysis) is 1. The number of halogens is 1. The molecule has 13 heteroatoms. The molecule has 3 aromatic heterocycles. The van der Waals surface area contributed by atoms with Crippen molar-refractivity contribution in [1.29, 1.82) is 0 Å². The zero-order chi connectivity index (χ0) is 33.1. The highest BCUT2D eigenvalue weighted by molar-refractivity contribution is 7.19. The predicted octanol–water partition coefficient (Wildman–Crippen LogP) is 7.31. The minimum absolute atomic E-state index is 0.00651. The van der Waals surface area contributed by atoms with E-state index in [1.807, 2.05) is 50.6 Å². The molecule has 0 unspecified atom stereocenters. The molecule has 2 aliphatic rings. The lowest BCUT2D eigenvalue weighted by molar-refractivity contribution is 0.0492. The molecule has 4 aromatic rings. The summed E-state index contributed by atoms with van der Waals surface area (Å²) < 4.78 is 16.3. The SMILES string of the molecule is Cc1nc2ccc(-c3cn(COCC[Si](C)(C)C)c4nc(N5[C@@H]6CC[C@H]5C[C@@H](NC(=O)OC(C)(C)C)C6)n(C)c(=O)c34)c(Cl)c2s1. The van der Waals surface area contributed by atoms with Crippen LogP contribution in [0.25, 0.3) is 32.4 Å². The highest BCUT2D eigenvalue weighted by Crippen LogP contribution is 2.42. The monoisotopic (exact) mass is 684 g/mol. The van der Waals surface area contributed by atoms with Gasteiger partial charge in [0.15, 0.2) is 5.65 Å². The lowest BCUT2D eigenvalue weighted by Crippen LogP contribution is -2.52. The molecular weight excluding hydrogens is 640 g/mol. The van der Waals surface area contributed by atoms with E-state index in [0.717, 1.165) is 58.1 Å². The summed E-state index contributed by atoms with van der Waals surface area (Å²) >= 11 is 8.56. The summed E-state index contributed by atoms with van der Waals surface area (Å²) in [5, 5.41) is 5.13. The van der Waals surface area contributed by atoms with Gasteiger partial charge in [0.25, 0.3) is 5.56 Å². The van der Waals surface area contributed by atoms with Gasteiger partial charge in [0.2, 0.25) is 5.95 Å². The molecule has 1 N–H and O–H groups in total. The Morgan fingerprint density at radius 3 is 2.48 bits per heavy atom. The highest BCUT2D eigenvalue weighted by atomic mass is 35.5. The Kier molecular flexibility index (Phi) is 8.79. The van der Waals surface area contributed by atoms with Crippen LogP contribution in [0.2, 0.25) is 30.7 Å². The van der Waals surface area contributed by atoms with E-state index in [9.17, 15) is 9.59 Å². The maximum absolute atomic E-state index is 14.3. The van der Waals surface area contributed by atoms with Crippen LogP contribution in [0.4, 0.5) is 10.7 Å². The molecule has 3 atom stereocenters. The number of hydrogen-bond donors (Lipinski definition) is 1. The van der Waals surface area contributed by atoms with E-state index in [-0.39, 0.29) is 36.5 Å². The molecule has 248 valence electrons. The molecule has 2 bridgehead atoms. The molecule has 0 spiro atoms. The third-order valence-electron chi connectivity index (χ3n) is 8.88. The number of ether oxygens (including phenoxy) is 2. The van der Waals surface area contributed by atoms with E-state index in [0.29, 0.717) is 28.6 Å². The number of carbonyl (C=O) groups is 1. The Labute approximate surface area is 280 Å². The minimum Gasteiger partial charge on any atom is -0.444 e. The maximum atomic E-state index is 14.3. The molecule has 2 aliphatic heterocycles. The number of benzene rings is 1. The van der Waals surface area contributed by atoms with Crippen LogP contribution >= 0.6 is 22.9 Å². The molecule has 6 rings (SSSR count). The topological polar surface area (TPSA) is 104 Å². The van der Waals surface area contributed by atoms with E-state index in [1.165, 1.54) is 0 Å². The van der Waals surface area contributed by atoms with Crippen molar-refractivity contribution in [3.05, 3.63) is 38.7 Å². The fourth-order valence-electron chi connectivity index (χ4n) is 6.75. The molecule has 1 amide bonds.